The summed E-state index contributed by atoms with van der Waals surface area (Å²) in [4.78, 5) is 0. The van der Waals surface area contributed by atoms with Gasteiger partial charge in [0.1, 0.15) is 0 Å². The SMILES string of the molecule is N#Cc1ccc(-c2ccc3c4ccccc4n(-c4cc(C#N)cc(-n5c6ccccc6c6ccc(-c7ccc(C#N)cc7)cc65)c4-c4cccc(C#N)c4)c3c2)cc1. The fourth-order valence-electron chi connectivity index (χ4n) is 8.36. The molecule has 0 aliphatic heterocycles. The van der Waals surface area contributed by atoms with Crippen LogP contribution >= 0.6 is 0 Å². The summed E-state index contributed by atoms with van der Waals surface area (Å²) >= 11 is 0. The Hall–Kier alpha value is -8.68. The number of nitriles is 4. The van der Waals surface area contributed by atoms with Crippen LogP contribution in [0.2, 0.25) is 0 Å². The topological polar surface area (TPSA) is 105 Å². The fraction of sp³-hybridized carbons (Fsp3) is 0. The van der Waals surface area contributed by atoms with Gasteiger partial charge in [0, 0.05) is 27.1 Å². The number of hydrogen-bond donors (Lipinski definition) is 0. The number of rotatable bonds is 5. The molecule has 0 spiro atoms. The van der Waals surface area contributed by atoms with E-state index in [9.17, 15) is 21.0 Å². The second-order valence-corrected chi connectivity index (χ2v) is 14.2. The first-order valence-electron chi connectivity index (χ1n) is 18.7. The van der Waals surface area contributed by atoms with E-state index in [0.717, 1.165) is 88.4 Å². The van der Waals surface area contributed by atoms with E-state index in [1.807, 2.05) is 103 Å². The van der Waals surface area contributed by atoms with Crippen molar-refractivity contribution < 1.29 is 0 Å². The molecule has 0 atom stereocenters. The maximum absolute atomic E-state index is 10.8. The zero-order valence-corrected chi connectivity index (χ0v) is 30.8. The summed E-state index contributed by atoms with van der Waals surface area (Å²) in [6.45, 7) is 0. The van der Waals surface area contributed by atoms with Crippen molar-refractivity contribution in [2.24, 2.45) is 0 Å². The van der Waals surface area contributed by atoms with Crippen molar-refractivity contribution in [3.63, 3.8) is 0 Å². The minimum Gasteiger partial charge on any atom is -0.308 e. The van der Waals surface area contributed by atoms with Crippen LogP contribution in [-0.4, -0.2) is 9.13 Å². The van der Waals surface area contributed by atoms with Gasteiger partial charge >= 0.3 is 0 Å². The van der Waals surface area contributed by atoms with E-state index in [-0.39, 0.29) is 0 Å². The second kappa shape index (κ2) is 13.6. The molecule has 0 saturated heterocycles. The zero-order valence-electron chi connectivity index (χ0n) is 30.8. The minimum absolute atomic E-state index is 0.480. The molecule has 10 aromatic rings. The van der Waals surface area contributed by atoms with Gasteiger partial charge in [-0.2, -0.15) is 21.0 Å². The molecule has 10 rings (SSSR count). The highest BCUT2D eigenvalue weighted by molar-refractivity contribution is 6.13. The van der Waals surface area contributed by atoms with Gasteiger partial charge in [-0.15, -0.1) is 0 Å². The molecule has 58 heavy (non-hydrogen) atoms. The van der Waals surface area contributed by atoms with E-state index in [1.54, 1.807) is 6.07 Å². The molecular weight excluding hydrogens is 709 g/mol. The van der Waals surface area contributed by atoms with Gasteiger partial charge in [0.25, 0.3) is 0 Å². The molecule has 0 fully saturated rings. The van der Waals surface area contributed by atoms with Crippen LogP contribution in [0.1, 0.15) is 22.3 Å². The molecule has 0 N–H and O–H groups in total. The lowest BCUT2D eigenvalue weighted by molar-refractivity contribution is 1.13. The van der Waals surface area contributed by atoms with Gasteiger partial charge in [-0.3, -0.25) is 0 Å². The van der Waals surface area contributed by atoms with E-state index in [2.05, 4.69) is 94.1 Å². The molecule has 2 aromatic heterocycles. The van der Waals surface area contributed by atoms with Crippen molar-refractivity contribution in [2.45, 2.75) is 0 Å². The summed E-state index contributed by atoms with van der Waals surface area (Å²) in [5.74, 6) is 0. The normalized spacial score (nSPS) is 11.0. The Balaban J connectivity index is 1.34. The molecule has 0 aliphatic carbocycles. The molecule has 0 aliphatic rings. The van der Waals surface area contributed by atoms with Gasteiger partial charge in [0.2, 0.25) is 0 Å². The first-order valence-corrected chi connectivity index (χ1v) is 18.7. The third-order valence-corrected chi connectivity index (χ3v) is 11.0. The lowest BCUT2D eigenvalue weighted by Crippen LogP contribution is -2.05. The predicted octanol–water partition coefficient (Wildman–Crippen LogP) is 12.4. The Kier molecular flexibility index (Phi) is 7.92. The largest absolute Gasteiger partial charge is 0.308 e. The summed E-state index contributed by atoms with van der Waals surface area (Å²) in [7, 11) is 0. The summed E-state index contributed by atoms with van der Waals surface area (Å²) < 4.78 is 4.49. The summed E-state index contributed by atoms with van der Waals surface area (Å²) in [5, 5.41) is 44.1. The molecule has 6 nitrogen and oxygen atoms in total. The molecule has 2 heterocycles. The molecule has 8 aromatic carbocycles. The first kappa shape index (κ1) is 33.9. The molecule has 0 unspecified atom stereocenters. The summed E-state index contributed by atoms with van der Waals surface area (Å²) in [6.07, 6.45) is 0. The number of para-hydroxylation sites is 2. The van der Waals surface area contributed by atoms with Crippen LogP contribution in [-0.2, 0) is 0 Å². The van der Waals surface area contributed by atoms with Crippen molar-refractivity contribution in [1.82, 2.24) is 9.13 Å². The number of aromatic nitrogens is 2. The van der Waals surface area contributed by atoms with Gasteiger partial charge in [-0.25, -0.2) is 0 Å². The van der Waals surface area contributed by atoms with Gasteiger partial charge in [0.15, 0.2) is 0 Å². The molecule has 0 bridgehead atoms. The molecule has 0 amide bonds. The van der Waals surface area contributed by atoms with Crippen LogP contribution in [0.4, 0.5) is 0 Å². The van der Waals surface area contributed by atoms with Crippen LogP contribution in [0.15, 0.2) is 170 Å². The van der Waals surface area contributed by atoms with Gasteiger partial charge in [0.05, 0.1) is 80.0 Å². The molecule has 266 valence electrons. The average Bonchev–Trinajstić information content (AvgIpc) is 3.80. The van der Waals surface area contributed by atoms with E-state index < -0.39 is 0 Å². The van der Waals surface area contributed by atoms with Crippen molar-refractivity contribution >= 4 is 43.6 Å². The Morgan fingerprint density at radius 1 is 0.293 bits per heavy atom. The lowest BCUT2D eigenvalue weighted by Gasteiger charge is -2.21. The van der Waals surface area contributed by atoms with Crippen LogP contribution in [0.5, 0.6) is 0 Å². The van der Waals surface area contributed by atoms with E-state index in [1.165, 1.54) is 0 Å². The highest BCUT2D eigenvalue weighted by Crippen LogP contribution is 2.44. The van der Waals surface area contributed by atoms with E-state index in [0.29, 0.717) is 22.3 Å². The average molecular weight is 737 g/mol. The van der Waals surface area contributed by atoms with Crippen molar-refractivity contribution in [1.29, 1.82) is 21.0 Å². The highest BCUT2D eigenvalue weighted by Gasteiger charge is 2.24. The minimum atomic E-state index is 0.480. The van der Waals surface area contributed by atoms with Gasteiger partial charge in [-0.1, -0.05) is 97.1 Å². The quantitative estimate of drug-likeness (QED) is 0.175. The van der Waals surface area contributed by atoms with E-state index >= 15 is 0 Å². The van der Waals surface area contributed by atoms with Crippen molar-refractivity contribution in [3.05, 3.63) is 192 Å². The fourth-order valence-corrected chi connectivity index (χ4v) is 8.36. The third kappa shape index (κ3) is 5.38. The molecule has 6 heteroatoms. The smallest absolute Gasteiger partial charge is 0.0993 e. The lowest BCUT2D eigenvalue weighted by atomic mass is 9.96. The number of hydrogen-bond acceptors (Lipinski definition) is 4. The number of benzene rings is 8. The monoisotopic (exact) mass is 736 g/mol. The number of fused-ring (bicyclic) bond motifs is 6. The molecule has 0 saturated carbocycles. The highest BCUT2D eigenvalue weighted by atomic mass is 15.0. The van der Waals surface area contributed by atoms with Crippen molar-refractivity contribution in [3.8, 4) is 69.0 Å². The van der Waals surface area contributed by atoms with E-state index in [4.69, 9.17) is 0 Å². The second-order valence-electron chi connectivity index (χ2n) is 14.2. The standard InChI is InChI=1S/C52H28N6/c53-29-33-12-16-37(17-13-33)39-20-22-44-42-8-1-3-10-46(42)57(48(44)27-39)50-25-36(32-56)26-51(52(50)41-7-5-6-35(24-41)31-55)58-47-11-4-2-9-43(47)45-23-21-40(28-49(45)58)38-18-14-34(30-54)15-19-38/h1-28H. The summed E-state index contributed by atoms with van der Waals surface area (Å²) in [6, 6.07) is 65.5. The maximum atomic E-state index is 10.8. The molecule has 0 radical (unpaired) electrons. The Morgan fingerprint density at radius 2 is 0.724 bits per heavy atom. The number of nitrogens with zero attached hydrogens (tertiary/aromatic N) is 6. The van der Waals surface area contributed by atoms with Gasteiger partial charge in [-0.05, 0) is 101 Å². The Labute approximate surface area is 333 Å². The maximum Gasteiger partial charge on any atom is 0.0993 e. The Morgan fingerprint density at radius 3 is 1.19 bits per heavy atom. The zero-order chi connectivity index (χ0) is 39.3. The van der Waals surface area contributed by atoms with Crippen LogP contribution in [0.3, 0.4) is 0 Å². The predicted molar refractivity (Wildman–Crippen MR) is 230 cm³/mol. The first-order chi connectivity index (χ1) is 28.6. The summed E-state index contributed by atoms with van der Waals surface area (Å²) in [5.41, 5.74) is 13.3. The third-order valence-electron chi connectivity index (χ3n) is 11.0. The molecular formula is C52H28N6. The van der Waals surface area contributed by atoms with Crippen LogP contribution < -0.4 is 0 Å². The Bertz CT molecular complexity index is 3290. The van der Waals surface area contributed by atoms with Crippen LogP contribution in [0, 0.1) is 45.3 Å². The van der Waals surface area contributed by atoms with Crippen LogP contribution in [0.25, 0.3) is 88.4 Å². The van der Waals surface area contributed by atoms with Crippen molar-refractivity contribution in [2.75, 3.05) is 0 Å². The van der Waals surface area contributed by atoms with Gasteiger partial charge < -0.3 is 9.13 Å².